The number of aromatic nitrogens is 1. The Morgan fingerprint density at radius 3 is 2.86 bits per heavy atom. The van der Waals surface area contributed by atoms with Crippen molar-refractivity contribution in [3.05, 3.63) is 22.8 Å². The van der Waals surface area contributed by atoms with E-state index in [-0.39, 0.29) is 0 Å². The largest absolute Gasteiger partial charge is 0.476 e. The molecule has 0 radical (unpaired) electrons. The van der Waals surface area contributed by atoms with Crippen molar-refractivity contribution in [1.29, 1.82) is 0 Å². The third kappa shape index (κ3) is 4.77. The first kappa shape index (κ1) is 15.9. The SMILES string of the molecule is CC(C)COc1ncc(CN=C(N)N(C)C2CC2)cc1Cl. The fourth-order valence-electron chi connectivity index (χ4n) is 1.84. The summed E-state index contributed by atoms with van der Waals surface area (Å²) in [6, 6.07) is 2.39. The first-order valence-corrected chi connectivity index (χ1v) is 7.65. The summed E-state index contributed by atoms with van der Waals surface area (Å²) >= 11 is 6.17. The lowest BCUT2D eigenvalue weighted by molar-refractivity contribution is 0.261. The van der Waals surface area contributed by atoms with Crippen molar-refractivity contribution in [2.24, 2.45) is 16.6 Å². The molecule has 1 aliphatic rings. The smallest absolute Gasteiger partial charge is 0.232 e. The van der Waals surface area contributed by atoms with Gasteiger partial charge in [0.15, 0.2) is 5.96 Å². The van der Waals surface area contributed by atoms with Crippen LogP contribution in [0, 0.1) is 5.92 Å². The van der Waals surface area contributed by atoms with Gasteiger partial charge in [-0.15, -0.1) is 0 Å². The summed E-state index contributed by atoms with van der Waals surface area (Å²) < 4.78 is 5.54. The van der Waals surface area contributed by atoms with E-state index in [1.165, 1.54) is 12.8 Å². The molecule has 6 heteroatoms. The number of pyridine rings is 1. The molecule has 1 fully saturated rings. The average Bonchev–Trinajstić information content (AvgIpc) is 3.27. The zero-order valence-corrected chi connectivity index (χ0v) is 13.6. The van der Waals surface area contributed by atoms with E-state index in [4.69, 9.17) is 22.1 Å². The fourth-order valence-corrected chi connectivity index (χ4v) is 2.08. The normalized spacial score (nSPS) is 15.4. The molecule has 0 amide bonds. The Balaban J connectivity index is 1.94. The Morgan fingerprint density at radius 1 is 1.57 bits per heavy atom. The standard InChI is InChI=1S/C15H23ClN4O/c1-10(2)9-21-14-13(16)6-11(7-18-14)8-19-15(17)20(3)12-4-5-12/h6-7,10,12H,4-5,8-9H2,1-3H3,(H2,17,19). The van der Waals surface area contributed by atoms with E-state index in [0.717, 1.165) is 5.56 Å². The van der Waals surface area contributed by atoms with Crippen LogP contribution in [0.15, 0.2) is 17.3 Å². The average molecular weight is 311 g/mol. The maximum atomic E-state index is 6.17. The Kier molecular flexibility index (Phi) is 5.28. The van der Waals surface area contributed by atoms with Crippen molar-refractivity contribution in [1.82, 2.24) is 9.88 Å². The molecule has 0 atom stereocenters. The number of hydrogen-bond donors (Lipinski definition) is 1. The zero-order chi connectivity index (χ0) is 15.4. The number of rotatable bonds is 6. The second-order valence-corrected chi connectivity index (χ2v) is 6.26. The van der Waals surface area contributed by atoms with Gasteiger partial charge in [-0.05, 0) is 30.4 Å². The summed E-state index contributed by atoms with van der Waals surface area (Å²) in [7, 11) is 1.98. The molecule has 0 aromatic carbocycles. The number of ether oxygens (including phenoxy) is 1. The quantitative estimate of drug-likeness (QED) is 0.648. The molecular weight excluding hydrogens is 288 g/mol. The highest BCUT2D eigenvalue weighted by Gasteiger charge is 2.27. The van der Waals surface area contributed by atoms with Crippen molar-refractivity contribution in [2.75, 3.05) is 13.7 Å². The van der Waals surface area contributed by atoms with Crippen LogP contribution in [0.4, 0.5) is 0 Å². The van der Waals surface area contributed by atoms with Gasteiger partial charge in [0, 0.05) is 19.3 Å². The Labute approximate surface area is 131 Å². The molecule has 21 heavy (non-hydrogen) atoms. The number of nitrogens with zero attached hydrogens (tertiary/aromatic N) is 3. The van der Waals surface area contributed by atoms with Crippen molar-refractivity contribution >= 4 is 17.6 Å². The molecule has 0 bridgehead atoms. The van der Waals surface area contributed by atoms with Gasteiger partial charge >= 0.3 is 0 Å². The minimum atomic E-state index is 0.435. The number of hydrogen-bond acceptors (Lipinski definition) is 3. The molecule has 5 nitrogen and oxygen atoms in total. The van der Waals surface area contributed by atoms with Gasteiger partial charge in [0.2, 0.25) is 5.88 Å². The van der Waals surface area contributed by atoms with Crippen molar-refractivity contribution in [2.45, 2.75) is 39.3 Å². The fraction of sp³-hybridized carbons (Fsp3) is 0.600. The molecule has 0 aliphatic heterocycles. The van der Waals surface area contributed by atoms with E-state index in [1.54, 1.807) is 6.20 Å². The number of aliphatic imine (C=N–C) groups is 1. The van der Waals surface area contributed by atoms with E-state index in [2.05, 4.69) is 23.8 Å². The highest BCUT2D eigenvalue weighted by atomic mass is 35.5. The topological polar surface area (TPSA) is 63.7 Å². The molecular formula is C15H23ClN4O. The lowest BCUT2D eigenvalue weighted by Crippen LogP contribution is -2.35. The summed E-state index contributed by atoms with van der Waals surface area (Å²) in [6.07, 6.45) is 4.12. The van der Waals surface area contributed by atoms with Crippen LogP contribution in [0.25, 0.3) is 0 Å². The van der Waals surface area contributed by atoms with Crippen molar-refractivity contribution in [3.63, 3.8) is 0 Å². The summed E-state index contributed by atoms with van der Waals surface area (Å²) in [4.78, 5) is 10.6. The van der Waals surface area contributed by atoms with Gasteiger partial charge in [-0.25, -0.2) is 9.98 Å². The molecule has 1 aromatic rings. The molecule has 1 saturated carbocycles. The molecule has 0 unspecified atom stereocenters. The second-order valence-electron chi connectivity index (χ2n) is 5.85. The first-order chi connectivity index (χ1) is 9.97. The van der Waals surface area contributed by atoms with Gasteiger partial charge in [-0.1, -0.05) is 25.4 Å². The van der Waals surface area contributed by atoms with Gasteiger partial charge in [0.25, 0.3) is 0 Å². The maximum Gasteiger partial charge on any atom is 0.232 e. The third-order valence-corrected chi connectivity index (χ3v) is 3.57. The van der Waals surface area contributed by atoms with Crippen molar-refractivity contribution in [3.8, 4) is 5.88 Å². The van der Waals surface area contributed by atoms with E-state index in [1.807, 2.05) is 18.0 Å². The molecule has 0 saturated heterocycles. The Morgan fingerprint density at radius 2 is 2.29 bits per heavy atom. The molecule has 2 N–H and O–H groups in total. The van der Waals surface area contributed by atoms with E-state index in [0.29, 0.717) is 42.0 Å². The van der Waals surface area contributed by atoms with Crippen LogP contribution in [-0.2, 0) is 6.54 Å². The summed E-state index contributed by atoms with van der Waals surface area (Å²) in [5.41, 5.74) is 6.87. The van der Waals surface area contributed by atoms with Crippen LogP contribution >= 0.6 is 11.6 Å². The minimum absolute atomic E-state index is 0.435. The van der Waals surface area contributed by atoms with Crippen LogP contribution < -0.4 is 10.5 Å². The summed E-state index contributed by atoms with van der Waals surface area (Å²) in [5, 5.41) is 0.512. The zero-order valence-electron chi connectivity index (χ0n) is 12.8. The second kappa shape index (κ2) is 6.98. The highest BCUT2D eigenvalue weighted by Crippen LogP contribution is 2.25. The van der Waals surface area contributed by atoms with E-state index >= 15 is 0 Å². The molecule has 1 aliphatic carbocycles. The lowest BCUT2D eigenvalue weighted by Gasteiger charge is -2.16. The van der Waals surface area contributed by atoms with Gasteiger partial charge in [-0.2, -0.15) is 0 Å². The van der Waals surface area contributed by atoms with E-state index in [9.17, 15) is 0 Å². The lowest BCUT2D eigenvalue weighted by atomic mass is 10.2. The van der Waals surface area contributed by atoms with Crippen LogP contribution in [0.2, 0.25) is 5.02 Å². The predicted molar refractivity (Wildman–Crippen MR) is 85.7 cm³/mol. The molecule has 116 valence electrons. The van der Waals surface area contributed by atoms with Gasteiger partial charge in [0.1, 0.15) is 5.02 Å². The summed E-state index contributed by atoms with van der Waals surface area (Å²) in [6.45, 7) is 5.23. The predicted octanol–water partition coefficient (Wildman–Crippen LogP) is 2.68. The Hall–Kier alpha value is -1.49. The maximum absolute atomic E-state index is 6.17. The number of halogens is 1. The molecule has 1 heterocycles. The van der Waals surface area contributed by atoms with Crippen LogP contribution in [0.5, 0.6) is 5.88 Å². The van der Waals surface area contributed by atoms with Crippen molar-refractivity contribution < 1.29 is 4.74 Å². The monoisotopic (exact) mass is 310 g/mol. The third-order valence-electron chi connectivity index (χ3n) is 3.30. The number of guanidine groups is 1. The first-order valence-electron chi connectivity index (χ1n) is 7.27. The van der Waals surface area contributed by atoms with Gasteiger partial charge in [-0.3, -0.25) is 0 Å². The van der Waals surface area contributed by atoms with E-state index < -0.39 is 0 Å². The van der Waals surface area contributed by atoms with Gasteiger partial charge in [0.05, 0.1) is 13.2 Å². The van der Waals surface area contributed by atoms with Crippen LogP contribution in [0.3, 0.4) is 0 Å². The highest BCUT2D eigenvalue weighted by molar-refractivity contribution is 6.31. The van der Waals surface area contributed by atoms with Crippen LogP contribution in [0.1, 0.15) is 32.3 Å². The van der Waals surface area contributed by atoms with Crippen LogP contribution in [-0.4, -0.2) is 35.5 Å². The number of nitrogens with two attached hydrogens (primary N) is 1. The molecule has 1 aromatic heterocycles. The Bertz CT molecular complexity index is 514. The molecule has 0 spiro atoms. The minimum Gasteiger partial charge on any atom is -0.476 e. The van der Waals surface area contributed by atoms with Gasteiger partial charge < -0.3 is 15.4 Å². The summed E-state index contributed by atoms with van der Waals surface area (Å²) in [5.74, 6) is 1.47. The molecule has 2 rings (SSSR count).